The van der Waals surface area contributed by atoms with Crippen molar-refractivity contribution < 1.29 is 23.4 Å². The molecule has 1 heterocycles. The van der Waals surface area contributed by atoms with E-state index in [4.69, 9.17) is 16.3 Å². The van der Waals surface area contributed by atoms with E-state index < -0.39 is 18.1 Å². The minimum Gasteiger partial charge on any atom is -0.367 e. The fourth-order valence-corrected chi connectivity index (χ4v) is 2.38. The van der Waals surface area contributed by atoms with E-state index in [0.29, 0.717) is 18.6 Å². The summed E-state index contributed by atoms with van der Waals surface area (Å²) in [6, 6.07) is 3.84. The molecule has 2 atom stereocenters. The van der Waals surface area contributed by atoms with Gasteiger partial charge < -0.3 is 9.84 Å². The van der Waals surface area contributed by atoms with Crippen LogP contribution in [0.1, 0.15) is 24.5 Å². The predicted molar refractivity (Wildman–Crippen MR) is 69.8 cm³/mol. The number of carbonyl (C=O) groups excluding carboxylic acids is 1. The number of hydrogen-bond acceptors (Lipinski definition) is 3. The molecule has 0 amide bonds. The molecule has 0 aromatic heterocycles. The first-order valence-electron chi connectivity index (χ1n) is 6.28. The van der Waals surface area contributed by atoms with E-state index in [9.17, 15) is 18.7 Å². The maximum absolute atomic E-state index is 13.3. The number of ketones is 1. The van der Waals surface area contributed by atoms with Crippen LogP contribution in [-0.4, -0.2) is 23.8 Å². The Morgan fingerprint density at radius 2 is 2.25 bits per heavy atom. The first kappa shape index (κ1) is 15.4. The number of aliphatic hydroxyl groups is 1. The summed E-state index contributed by atoms with van der Waals surface area (Å²) in [7, 11) is 0. The van der Waals surface area contributed by atoms with Crippen LogP contribution in [0.5, 0.6) is 0 Å². The number of alkyl halides is 2. The highest BCUT2D eigenvalue weighted by atomic mass is 35.5. The molecule has 2 rings (SSSR count). The fraction of sp³-hybridized carbons (Fsp3) is 0.500. The number of rotatable bonds is 4. The first-order chi connectivity index (χ1) is 9.29. The molecule has 110 valence electrons. The molecule has 0 radical (unpaired) electrons. The van der Waals surface area contributed by atoms with Crippen LogP contribution in [0, 0.1) is 5.92 Å². The minimum absolute atomic E-state index is 0.0894. The SMILES string of the molecule is CC(F)(F)c1ccc(Cl)c(CC(=O)C2CCOC2O)c1. The molecule has 1 aliphatic rings. The first-order valence-corrected chi connectivity index (χ1v) is 6.66. The highest BCUT2D eigenvalue weighted by Crippen LogP contribution is 2.31. The topological polar surface area (TPSA) is 46.5 Å². The van der Waals surface area contributed by atoms with Crippen LogP contribution in [-0.2, 0) is 21.9 Å². The van der Waals surface area contributed by atoms with Crippen LogP contribution >= 0.6 is 11.6 Å². The molecule has 0 aliphatic carbocycles. The molecule has 1 aliphatic heterocycles. The van der Waals surface area contributed by atoms with Crippen molar-refractivity contribution in [3.8, 4) is 0 Å². The Balaban J connectivity index is 2.18. The number of ether oxygens (including phenoxy) is 1. The van der Waals surface area contributed by atoms with Gasteiger partial charge >= 0.3 is 0 Å². The number of Topliss-reactive ketones (excluding diaryl/α,β-unsaturated/α-hetero) is 1. The molecule has 0 bridgehead atoms. The van der Waals surface area contributed by atoms with Crippen molar-refractivity contribution in [3.63, 3.8) is 0 Å². The van der Waals surface area contributed by atoms with E-state index in [1.54, 1.807) is 0 Å². The monoisotopic (exact) mass is 304 g/mol. The summed E-state index contributed by atoms with van der Waals surface area (Å²) in [5.41, 5.74) is 0.155. The Hall–Kier alpha value is -1.04. The van der Waals surface area contributed by atoms with Crippen molar-refractivity contribution in [1.29, 1.82) is 0 Å². The van der Waals surface area contributed by atoms with Crippen LogP contribution in [0.2, 0.25) is 5.02 Å². The van der Waals surface area contributed by atoms with Crippen LogP contribution in [0.4, 0.5) is 8.78 Å². The molecular formula is C14H15ClF2O3. The van der Waals surface area contributed by atoms with Gasteiger partial charge in [0.15, 0.2) is 6.29 Å². The number of halogens is 3. The van der Waals surface area contributed by atoms with E-state index in [1.165, 1.54) is 18.2 Å². The average molecular weight is 305 g/mol. The minimum atomic E-state index is -2.99. The Labute approximate surface area is 120 Å². The molecular weight excluding hydrogens is 290 g/mol. The van der Waals surface area contributed by atoms with Gasteiger partial charge in [0, 0.05) is 23.9 Å². The lowest BCUT2D eigenvalue weighted by molar-refractivity contribution is -0.134. The lowest BCUT2D eigenvalue weighted by Crippen LogP contribution is -2.25. The lowest BCUT2D eigenvalue weighted by Gasteiger charge is -2.15. The summed E-state index contributed by atoms with van der Waals surface area (Å²) in [6.45, 7) is 1.11. The summed E-state index contributed by atoms with van der Waals surface area (Å²) in [4.78, 5) is 12.1. The standard InChI is InChI=1S/C14H15ClF2O3/c1-14(16,17)9-2-3-11(15)8(6-9)7-12(18)10-4-5-20-13(10)19/h2-3,6,10,13,19H,4-5,7H2,1H3. The Morgan fingerprint density at radius 1 is 1.55 bits per heavy atom. The summed E-state index contributed by atoms with van der Waals surface area (Å²) in [5, 5.41) is 9.76. The Kier molecular flexibility index (Phi) is 4.42. The normalized spacial score (nSPS) is 23.1. The van der Waals surface area contributed by atoms with Crippen LogP contribution in [0.15, 0.2) is 18.2 Å². The third kappa shape index (κ3) is 3.34. The van der Waals surface area contributed by atoms with Crippen molar-refractivity contribution in [2.24, 2.45) is 5.92 Å². The molecule has 3 nitrogen and oxygen atoms in total. The van der Waals surface area contributed by atoms with Gasteiger partial charge in [-0.05, 0) is 24.1 Å². The Bertz CT molecular complexity index is 514. The van der Waals surface area contributed by atoms with Crippen molar-refractivity contribution >= 4 is 17.4 Å². The second-order valence-corrected chi connectivity index (χ2v) is 5.40. The average Bonchev–Trinajstić information content (AvgIpc) is 2.77. The summed E-state index contributed by atoms with van der Waals surface area (Å²) >= 11 is 5.94. The van der Waals surface area contributed by atoms with Gasteiger partial charge in [-0.3, -0.25) is 4.79 Å². The summed E-state index contributed by atoms with van der Waals surface area (Å²) in [6.07, 6.45) is -0.771. The van der Waals surface area contributed by atoms with E-state index in [2.05, 4.69) is 0 Å². The highest BCUT2D eigenvalue weighted by molar-refractivity contribution is 6.31. The van der Waals surface area contributed by atoms with Gasteiger partial charge in [0.2, 0.25) is 0 Å². The highest BCUT2D eigenvalue weighted by Gasteiger charge is 2.33. The molecule has 1 aromatic rings. The van der Waals surface area contributed by atoms with Crippen molar-refractivity contribution in [1.82, 2.24) is 0 Å². The maximum Gasteiger partial charge on any atom is 0.270 e. The van der Waals surface area contributed by atoms with Crippen molar-refractivity contribution in [2.75, 3.05) is 6.61 Å². The molecule has 0 saturated carbocycles. The number of carbonyl (C=O) groups is 1. The zero-order valence-electron chi connectivity index (χ0n) is 10.9. The molecule has 0 spiro atoms. The zero-order chi connectivity index (χ0) is 14.9. The molecule has 1 saturated heterocycles. The van der Waals surface area contributed by atoms with Gasteiger partial charge in [-0.2, -0.15) is 0 Å². The maximum atomic E-state index is 13.3. The zero-order valence-corrected chi connectivity index (χ0v) is 11.7. The quantitative estimate of drug-likeness (QED) is 0.930. The van der Waals surface area contributed by atoms with Crippen molar-refractivity contribution in [3.05, 3.63) is 34.3 Å². The second kappa shape index (κ2) is 5.76. The van der Waals surface area contributed by atoms with E-state index >= 15 is 0 Å². The number of aliphatic hydroxyl groups excluding tert-OH is 1. The molecule has 6 heteroatoms. The largest absolute Gasteiger partial charge is 0.367 e. The van der Waals surface area contributed by atoms with Gasteiger partial charge in [-0.25, -0.2) is 8.78 Å². The van der Waals surface area contributed by atoms with Gasteiger partial charge in [0.05, 0.1) is 12.5 Å². The fourth-order valence-electron chi connectivity index (χ4n) is 2.20. The Morgan fingerprint density at radius 3 is 2.80 bits per heavy atom. The van der Waals surface area contributed by atoms with E-state index in [0.717, 1.165) is 6.92 Å². The third-order valence-electron chi connectivity index (χ3n) is 3.39. The van der Waals surface area contributed by atoms with E-state index in [-0.39, 0.29) is 22.8 Å². The van der Waals surface area contributed by atoms with Gasteiger partial charge in [-0.15, -0.1) is 0 Å². The second-order valence-electron chi connectivity index (χ2n) is 4.99. The lowest BCUT2D eigenvalue weighted by atomic mass is 9.94. The molecule has 2 unspecified atom stereocenters. The number of benzene rings is 1. The van der Waals surface area contributed by atoms with Gasteiger partial charge in [-0.1, -0.05) is 17.7 Å². The molecule has 1 N–H and O–H groups in total. The van der Waals surface area contributed by atoms with Crippen LogP contribution in [0.3, 0.4) is 0 Å². The number of hydrogen-bond donors (Lipinski definition) is 1. The molecule has 1 aromatic carbocycles. The predicted octanol–water partition coefficient (Wildman–Crippen LogP) is 2.92. The summed E-state index contributed by atoms with van der Waals surface area (Å²) in [5.74, 6) is -3.86. The van der Waals surface area contributed by atoms with Crippen molar-refractivity contribution in [2.45, 2.75) is 32.0 Å². The molecule has 20 heavy (non-hydrogen) atoms. The smallest absolute Gasteiger partial charge is 0.270 e. The van der Waals surface area contributed by atoms with Gasteiger partial charge in [0.1, 0.15) is 5.78 Å². The van der Waals surface area contributed by atoms with E-state index in [1.807, 2.05) is 0 Å². The summed E-state index contributed by atoms with van der Waals surface area (Å²) < 4.78 is 31.5. The van der Waals surface area contributed by atoms with Gasteiger partial charge in [0.25, 0.3) is 5.92 Å². The molecule has 1 fully saturated rings. The van der Waals surface area contributed by atoms with Crippen LogP contribution < -0.4 is 0 Å². The third-order valence-corrected chi connectivity index (χ3v) is 3.76. The van der Waals surface area contributed by atoms with Crippen LogP contribution in [0.25, 0.3) is 0 Å².